The zero-order chi connectivity index (χ0) is 16.4. The number of nitrogens with zero attached hydrogens (tertiary/aromatic N) is 4. The molecule has 1 saturated heterocycles. The maximum Gasteiger partial charge on any atom is 0.288 e. The van der Waals surface area contributed by atoms with Crippen LogP contribution in [0.15, 0.2) is 35.3 Å². The molecule has 8 heteroatoms. The first-order valence-electron chi connectivity index (χ1n) is 7.19. The second kappa shape index (κ2) is 7.09. The molecule has 1 aliphatic rings. The van der Waals surface area contributed by atoms with E-state index in [9.17, 15) is 4.79 Å². The fourth-order valence-electron chi connectivity index (χ4n) is 2.57. The van der Waals surface area contributed by atoms with Crippen LogP contribution in [0.1, 0.15) is 0 Å². The molecule has 23 heavy (non-hydrogen) atoms. The molecule has 1 fully saturated rings. The van der Waals surface area contributed by atoms with Crippen molar-refractivity contribution in [2.24, 2.45) is 0 Å². The van der Waals surface area contributed by atoms with E-state index < -0.39 is 0 Å². The fourth-order valence-corrected chi connectivity index (χ4v) is 3.10. The lowest BCUT2D eigenvalue weighted by Gasteiger charge is -2.36. The van der Waals surface area contributed by atoms with E-state index in [1.807, 2.05) is 24.3 Å². The summed E-state index contributed by atoms with van der Waals surface area (Å²) in [6.45, 7) is 3.67. The van der Waals surface area contributed by atoms with Gasteiger partial charge in [0, 0.05) is 26.2 Å². The molecule has 0 amide bonds. The normalized spacial score (nSPS) is 15.9. The third-order valence-electron chi connectivity index (χ3n) is 3.84. The molecule has 2 heterocycles. The Kier molecular flexibility index (Phi) is 5.11. The Bertz CT molecular complexity index is 757. The fraction of sp³-hybridized carbons (Fsp3) is 0.333. The van der Waals surface area contributed by atoms with Crippen molar-refractivity contribution in [2.45, 2.75) is 6.67 Å². The summed E-state index contributed by atoms with van der Waals surface area (Å²) in [6.07, 6.45) is 1.39. The molecule has 0 N–H and O–H groups in total. The summed E-state index contributed by atoms with van der Waals surface area (Å²) in [5.41, 5.74) is 0.673. The Morgan fingerprint density at radius 1 is 1.00 bits per heavy atom. The summed E-state index contributed by atoms with van der Waals surface area (Å²) in [4.78, 5) is 16.4. The molecule has 0 spiro atoms. The highest BCUT2D eigenvalue weighted by Gasteiger charge is 2.20. The number of aromatic nitrogens is 2. The van der Waals surface area contributed by atoms with Crippen LogP contribution < -0.4 is 10.5 Å². The molecular formula is C15H15Cl3N4O. The van der Waals surface area contributed by atoms with E-state index in [1.165, 1.54) is 10.9 Å². The van der Waals surface area contributed by atoms with Gasteiger partial charge in [0.2, 0.25) is 0 Å². The number of hydrogen-bond donors (Lipinski definition) is 0. The number of hydrogen-bond acceptors (Lipinski definition) is 4. The minimum atomic E-state index is -0.368. The van der Waals surface area contributed by atoms with Crippen molar-refractivity contribution in [3.05, 3.63) is 55.9 Å². The van der Waals surface area contributed by atoms with Crippen molar-refractivity contribution in [3.63, 3.8) is 0 Å². The minimum absolute atomic E-state index is 0.0105. The van der Waals surface area contributed by atoms with E-state index in [0.29, 0.717) is 6.67 Å². The van der Waals surface area contributed by atoms with Crippen molar-refractivity contribution < 1.29 is 0 Å². The molecule has 0 aliphatic carbocycles. The van der Waals surface area contributed by atoms with Crippen LogP contribution in [0.2, 0.25) is 15.1 Å². The minimum Gasteiger partial charge on any atom is -0.368 e. The van der Waals surface area contributed by atoms with Crippen LogP contribution >= 0.6 is 34.8 Å². The molecular weight excluding hydrogens is 359 g/mol. The molecule has 0 bridgehead atoms. The predicted molar refractivity (Wildman–Crippen MR) is 93.8 cm³/mol. The highest BCUT2D eigenvalue weighted by Crippen LogP contribution is 2.26. The van der Waals surface area contributed by atoms with Gasteiger partial charge < -0.3 is 4.90 Å². The highest BCUT2D eigenvalue weighted by molar-refractivity contribution is 6.41. The van der Waals surface area contributed by atoms with Crippen molar-refractivity contribution in [3.8, 4) is 0 Å². The first kappa shape index (κ1) is 16.6. The molecule has 0 atom stereocenters. The Hall–Kier alpha value is -1.27. The largest absolute Gasteiger partial charge is 0.368 e. The maximum atomic E-state index is 12.0. The second-order valence-electron chi connectivity index (χ2n) is 5.31. The van der Waals surface area contributed by atoms with Gasteiger partial charge in [0.25, 0.3) is 5.56 Å². The van der Waals surface area contributed by atoms with Gasteiger partial charge in [-0.3, -0.25) is 9.69 Å². The zero-order valence-corrected chi connectivity index (χ0v) is 14.5. The van der Waals surface area contributed by atoms with Crippen LogP contribution in [0.5, 0.6) is 0 Å². The molecule has 0 unspecified atom stereocenters. The van der Waals surface area contributed by atoms with Gasteiger partial charge in [0.15, 0.2) is 0 Å². The molecule has 3 rings (SSSR count). The van der Waals surface area contributed by atoms with Crippen LogP contribution in [0.25, 0.3) is 0 Å². The van der Waals surface area contributed by atoms with Crippen molar-refractivity contribution >= 4 is 40.5 Å². The summed E-state index contributed by atoms with van der Waals surface area (Å²) >= 11 is 17.9. The molecule has 0 saturated carbocycles. The molecule has 5 nitrogen and oxygen atoms in total. The molecule has 0 radical (unpaired) electrons. The zero-order valence-electron chi connectivity index (χ0n) is 12.3. The average Bonchev–Trinajstić information content (AvgIpc) is 2.57. The van der Waals surface area contributed by atoms with E-state index in [4.69, 9.17) is 34.8 Å². The lowest BCUT2D eigenvalue weighted by molar-refractivity contribution is 0.191. The van der Waals surface area contributed by atoms with Gasteiger partial charge in [-0.05, 0) is 12.1 Å². The third-order valence-corrected chi connectivity index (χ3v) is 4.91. The Labute approximate surface area is 149 Å². The predicted octanol–water partition coefficient (Wildman–Crippen LogP) is 2.98. The van der Waals surface area contributed by atoms with E-state index in [2.05, 4.69) is 14.9 Å². The Morgan fingerprint density at radius 3 is 2.39 bits per heavy atom. The van der Waals surface area contributed by atoms with Crippen LogP contribution in [0.3, 0.4) is 0 Å². The van der Waals surface area contributed by atoms with Crippen molar-refractivity contribution in [1.29, 1.82) is 0 Å². The van der Waals surface area contributed by atoms with E-state index >= 15 is 0 Å². The molecule has 2 aromatic rings. The van der Waals surface area contributed by atoms with Gasteiger partial charge in [-0.15, -0.1) is 0 Å². The number of halogens is 3. The Morgan fingerprint density at radius 2 is 1.70 bits per heavy atom. The topological polar surface area (TPSA) is 41.4 Å². The van der Waals surface area contributed by atoms with E-state index in [0.717, 1.165) is 36.9 Å². The second-order valence-corrected chi connectivity index (χ2v) is 6.50. The average molecular weight is 374 g/mol. The molecule has 1 aromatic carbocycles. The van der Waals surface area contributed by atoms with Crippen LogP contribution in [-0.2, 0) is 6.67 Å². The standard InChI is InChI=1S/C15H15Cl3N4O/c16-11-3-1-2-4-13(11)21-7-5-20(6-8-21)10-22-15(23)14(18)12(17)9-19-22/h1-4,9H,5-8,10H2. The van der Waals surface area contributed by atoms with Gasteiger partial charge >= 0.3 is 0 Å². The third kappa shape index (κ3) is 3.63. The van der Waals surface area contributed by atoms with Gasteiger partial charge in [0.1, 0.15) is 5.02 Å². The van der Waals surface area contributed by atoms with Gasteiger partial charge in [-0.1, -0.05) is 46.9 Å². The quantitative estimate of drug-likeness (QED) is 0.829. The number of anilines is 1. The van der Waals surface area contributed by atoms with Crippen molar-refractivity contribution in [1.82, 2.24) is 14.7 Å². The summed E-state index contributed by atoms with van der Waals surface area (Å²) in [5.74, 6) is 0. The SMILES string of the molecule is O=c1c(Cl)c(Cl)cnn1CN1CCN(c2ccccc2Cl)CC1. The van der Waals surface area contributed by atoms with E-state index in [-0.39, 0.29) is 15.6 Å². The summed E-state index contributed by atoms with van der Waals surface area (Å²) in [6, 6.07) is 7.81. The summed E-state index contributed by atoms with van der Waals surface area (Å²) in [5, 5.41) is 4.98. The van der Waals surface area contributed by atoms with Crippen LogP contribution in [0, 0.1) is 0 Å². The summed E-state index contributed by atoms with van der Waals surface area (Å²) < 4.78 is 1.33. The Balaban J connectivity index is 1.65. The summed E-state index contributed by atoms with van der Waals surface area (Å²) in [7, 11) is 0. The van der Waals surface area contributed by atoms with Gasteiger partial charge in [0.05, 0.1) is 28.6 Å². The first-order valence-corrected chi connectivity index (χ1v) is 8.32. The lowest BCUT2D eigenvalue weighted by Crippen LogP contribution is -2.48. The van der Waals surface area contributed by atoms with Gasteiger partial charge in [-0.25, -0.2) is 4.68 Å². The van der Waals surface area contributed by atoms with E-state index in [1.54, 1.807) is 0 Å². The number of piperazine rings is 1. The number of benzene rings is 1. The lowest BCUT2D eigenvalue weighted by atomic mass is 10.2. The number of rotatable bonds is 3. The number of para-hydroxylation sites is 1. The van der Waals surface area contributed by atoms with Crippen molar-refractivity contribution in [2.75, 3.05) is 31.1 Å². The van der Waals surface area contributed by atoms with Crippen LogP contribution in [-0.4, -0.2) is 40.9 Å². The molecule has 122 valence electrons. The monoisotopic (exact) mass is 372 g/mol. The van der Waals surface area contributed by atoms with Crippen LogP contribution in [0.4, 0.5) is 5.69 Å². The smallest absolute Gasteiger partial charge is 0.288 e. The first-order chi connectivity index (χ1) is 11.1. The molecule has 1 aliphatic heterocycles. The highest BCUT2D eigenvalue weighted by atomic mass is 35.5. The maximum absolute atomic E-state index is 12.0. The van der Waals surface area contributed by atoms with Gasteiger partial charge in [-0.2, -0.15) is 5.10 Å². The molecule has 1 aromatic heterocycles.